The number of likely N-dealkylation sites (tertiary alicyclic amines) is 1. The lowest BCUT2D eigenvalue weighted by Crippen LogP contribution is -2.38. The van der Waals surface area contributed by atoms with Crippen LogP contribution in [0.5, 0.6) is 0 Å². The molecule has 5 nitrogen and oxygen atoms in total. The minimum absolute atomic E-state index is 0.130. The topological polar surface area (TPSA) is 71.2 Å². The van der Waals surface area contributed by atoms with E-state index in [1.807, 2.05) is 12.1 Å². The quantitative estimate of drug-likeness (QED) is 0.823. The zero-order valence-corrected chi connectivity index (χ0v) is 11.0. The summed E-state index contributed by atoms with van der Waals surface area (Å²) >= 11 is 0. The van der Waals surface area contributed by atoms with Gasteiger partial charge in [0.05, 0.1) is 5.92 Å². The number of carbonyl (C=O) groups excluding carboxylic acids is 1. The molecule has 1 aromatic heterocycles. The van der Waals surface area contributed by atoms with Crippen LogP contribution in [-0.4, -0.2) is 34.9 Å². The van der Waals surface area contributed by atoms with Crippen molar-refractivity contribution in [2.24, 2.45) is 5.92 Å². The van der Waals surface area contributed by atoms with Crippen molar-refractivity contribution in [1.29, 1.82) is 0 Å². The minimum Gasteiger partial charge on any atom is -0.383 e. The molecule has 3 heterocycles. The second-order valence-electron chi connectivity index (χ2n) is 5.58. The second kappa shape index (κ2) is 5.17. The molecule has 0 unspecified atom stereocenters. The van der Waals surface area contributed by atoms with Crippen LogP contribution in [-0.2, 0) is 11.3 Å². The Morgan fingerprint density at radius 3 is 3.16 bits per heavy atom. The number of amides is 1. The molecule has 2 saturated heterocycles. The van der Waals surface area contributed by atoms with Gasteiger partial charge in [-0.05, 0) is 18.9 Å². The number of hydrogen-bond donors (Lipinski definition) is 2. The Kier molecular flexibility index (Phi) is 3.38. The smallest absolute Gasteiger partial charge is 0.224 e. The van der Waals surface area contributed by atoms with Crippen LogP contribution >= 0.6 is 0 Å². The molecule has 1 amide bonds. The number of pyridine rings is 1. The van der Waals surface area contributed by atoms with E-state index in [0.29, 0.717) is 5.82 Å². The fourth-order valence-electron chi connectivity index (χ4n) is 3.10. The lowest BCUT2D eigenvalue weighted by atomic mass is 9.99. The highest BCUT2D eigenvalue weighted by Gasteiger charge is 2.32. The molecule has 0 saturated carbocycles. The number of nitrogens with two attached hydrogens (primary N) is 1. The van der Waals surface area contributed by atoms with Crippen molar-refractivity contribution in [3.05, 3.63) is 23.9 Å². The van der Waals surface area contributed by atoms with E-state index in [9.17, 15) is 4.79 Å². The fourth-order valence-corrected chi connectivity index (χ4v) is 3.10. The van der Waals surface area contributed by atoms with Gasteiger partial charge in [-0.2, -0.15) is 0 Å². The summed E-state index contributed by atoms with van der Waals surface area (Å²) in [4.78, 5) is 18.4. The third-order valence-electron chi connectivity index (χ3n) is 4.10. The number of aromatic nitrogens is 1. The first-order chi connectivity index (χ1) is 9.22. The maximum atomic E-state index is 12.0. The predicted molar refractivity (Wildman–Crippen MR) is 73.2 cm³/mol. The average molecular weight is 260 g/mol. The number of carbonyl (C=O) groups is 1. The molecule has 1 aromatic rings. The standard InChI is InChI=1S/C14H20N4O/c15-13-10(4-2-6-16-13)7-18-8-11-3-1-5-12(9-18)17-14(11)19/h2,4,6,11-12H,1,3,5,7-9H2,(H2,15,16)(H,17,19)/t11-,12+/m0/s1. The first-order valence-corrected chi connectivity index (χ1v) is 6.94. The molecule has 2 aliphatic rings. The van der Waals surface area contributed by atoms with Crippen LogP contribution in [0.4, 0.5) is 5.82 Å². The Labute approximate surface area is 113 Å². The zero-order valence-electron chi connectivity index (χ0n) is 11.0. The summed E-state index contributed by atoms with van der Waals surface area (Å²) in [6.07, 6.45) is 4.95. The molecule has 5 heteroatoms. The Morgan fingerprint density at radius 2 is 2.32 bits per heavy atom. The molecule has 0 radical (unpaired) electrons. The highest BCUT2D eigenvalue weighted by Crippen LogP contribution is 2.23. The number of nitrogens with one attached hydrogen (secondary N) is 1. The Balaban J connectivity index is 1.75. The van der Waals surface area contributed by atoms with Crippen molar-refractivity contribution in [2.75, 3.05) is 18.8 Å². The van der Waals surface area contributed by atoms with Gasteiger partial charge >= 0.3 is 0 Å². The van der Waals surface area contributed by atoms with Crippen LogP contribution in [0.15, 0.2) is 18.3 Å². The molecule has 0 spiro atoms. The summed E-state index contributed by atoms with van der Waals surface area (Å²) in [6.45, 7) is 2.52. The van der Waals surface area contributed by atoms with Gasteiger partial charge in [0.1, 0.15) is 5.82 Å². The van der Waals surface area contributed by atoms with E-state index < -0.39 is 0 Å². The van der Waals surface area contributed by atoms with Gasteiger partial charge in [-0.15, -0.1) is 0 Å². The summed E-state index contributed by atoms with van der Waals surface area (Å²) in [5.41, 5.74) is 6.95. The number of hydrogen-bond acceptors (Lipinski definition) is 4. The van der Waals surface area contributed by atoms with Gasteiger partial charge in [-0.25, -0.2) is 4.98 Å². The summed E-state index contributed by atoms with van der Waals surface area (Å²) < 4.78 is 0. The van der Waals surface area contributed by atoms with Crippen molar-refractivity contribution in [1.82, 2.24) is 15.2 Å². The van der Waals surface area contributed by atoms with Crippen LogP contribution in [0.25, 0.3) is 0 Å². The van der Waals surface area contributed by atoms with Crippen LogP contribution in [0.2, 0.25) is 0 Å². The Bertz CT molecular complexity index is 476. The molecule has 2 aliphatic heterocycles. The van der Waals surface area contributed by atoms with Gasteiger partial charge in [-0.1, -0.05) is 12.5 Å². The number of nitrogen functional groups attached to an aromatic ring is 1. The average Bonchev–Trinajstić information content (AvgIpc) is 2.61. The maximum Gasteiger partial charge on any atom is 0.224 e. The monoisotopic (exact) mass is 260 g/mol. The molecule has 2 bridgehead atoms. The maximum absolute atomic E-state index is 12.0. The van der Waals surface area contributed by atoms with Crippen LogP contribution in [0.3, 0.4) is 0 Å². The molecule has 2 fully saturated rings. The molecular weight excluding hydrogens is 240 g/mol. The van der Waals surface area contributed by atoms with Crippen molar-refractivity contribution in [3.8, 4) is 0 Å². The van der Waals surface area contributed by atoms with Gasteiger partial charge in [0.2, 0.25) is 5.91 Å². The van der Waals surface area contributed by atoms with Crippen LogP contribution in [0.1, 0.15) is 24.8 Å². The van der Waals surface area contributed by atoms with E-state index in [4.69, 9.17) is 5.73 Å². The van der Waals surface area contributed by atoms with E-state index >= 15 is 0 Å². The molecule has 3 rings (SSSR count). The molecule has 3 N–H and O–H groups in total. The third-order valence-corrected chi connectivity index (χ3v) is 4.10. The zero-order chi connectivity index (χ0) is 13.2. The summed E-state index contributed by atoms with van der Waals surface area (Å²) in [6, 6.07) is 4.21. The van der Waals surface area contributed by atoms with Crippen molar-refractivity contribution in [2.45, 2.75) is 31.8 Å². The van der Waals surface area contributed by atoms with E-state index in [2.05, 4.69) is 15.2 Å². The molecule has 2 atom stereocenters. The molecule has 102 valence electrons. The molecular formula is C14H20N4O. The number of rotatable bonds is 2. The molecule has 0 aromatic carbocycles. The third kappa shape index (κ3) is 2.71. The van der Waals surface area contributed by atoms with E-state index in [1.54, 1.807) is 6.20 Å². The van der Waals surface area contributed by atoms with Crippen LogP contribution < -0.4 is 11.1 Å². The van der Waals surface area contributed by atoms with Crippen molar-refractivity contribution < 1.29 is 4.79 Å². The first kappa shape index (κ1) is 12.4. The summed E-state index contributed by atoms with van der Waals surface area (Å²) in [5, 5.41) is 3.14. The highest BCUT2D eigenvalue weighted by molar-refractivity contribution is 5.79. The minimum atomic E-state index is 0.130. The van der Waals surface area contributed by atoms with E-state index in [1.165, 1.54) is 0 Å². The van der Waals surface area contributed by atoms with Crippen molar-refractivity contribution in [3.63, 3.8) is 0 Å². The van der Waals surface area contributed by atoms with Gasteiger partial charge in [0.25, 0.3) is 0 Å². The van der Waals surface area contributed by atoms with Crippen LogP contribution in [0, 0.1) is 5.92 Å². The van der Waals surface area contributed by atoms with E-state index in [-0.39, 0.29) is 17.9 Å². The van der Waals surface area contributed by atoms with Gasteiger partial charge in [0, 0.05) is 37.4 Å². The predicted octanol–water partition coefficient (Wildman–Crippen LogP) is 0.764. The van der Waals surface area contributed by atoms with Gasteiger partial charge < -0.3 is 11.1 Å². The normalized spacial score (nSPS) is 27.7. The van der Waals surface area contributed by atoms with E-state index in [0.717, 1.165) is 44.5 Å². The first-order valence-electron chi connectivity index (χ1n) is 6.94. The van der Waals surface area contributed by atoms with Gasteiger partial charge in [0.15, 0.2) is 0 Å². The number of fused-ring (bicyclic) bond motifs is 3. The van der Waals surface area contributed by atoms with Gasteiger partial charge in [-0.3, -0.25) is 9.69 Å². The van der Waals surface area contributed by atoms with Crippen molar-refractivity contribution >= 4 is 11.7 Å². The largest absolute Gasteiger partial charge is 0.383 e. The highest BCUT2D eigenvalue weighted by atomic mass is 16.2. The summed E-state index contributed by atoms with van der Waals surface area (Å²) in [5.74, 6) is 0.950. The Morgan fingerprint density at radius 1 is 1.42 bits per heavy atom. The SMILES string of the molecule is Nc1ncccc1CN1C[C@H]2CCC[C@@H](C1)C(=O)N2. The number of anilines is 1. The molecule has 19 heavy (non-hydrogen) atoms. The Hall–Kier alpha value is -1.62. The second-order valence-corrected chi connectivity index (χ2v) is 5.58. The molecule has 0 aliphatic carbocycles. The lowest BCUT2D eigenvalue weighted by Gasteiger charge is -2.27. The fraction of sp³-hybridized carbons (Fsp3) is 0.571. The lowest BCUT2D eigenvalue weighted by molar-refractivity contribution is -0.124. The summed E-state index contributed by atoms with van der Waals surface area (Å²) in [7, 11) is 0. The number of nitrogens with zero attached hydrogens (tertiary/aromatic N) is 2.